The van der Waals surface area contributed by atoms with E-state index in [-0.39, 0.29) is 5.60 Å². The van der Waals surface area contributed by atoms with Gasteiger partial charge in [-0.05, 0) is 50.6 Å². The molecule has 0 aromatic heterocycles. The molecule has 0 N–H and O–H groups in total. The van der Waals surface area contributed by atoms with Crippen LogP contribution < -0.4 is 0 Å². The quantitative estimate of drug-likeness (QED) is 0.786. The Bertz CT molecular complexity index is 534. The van der Waals surface area contributed by atoms with Crippen molar-refractivity contribution in [1.82, 2.24) is 9.80 Å². The first kappa shape index (κ1) is 17.5. The fraction of sp³-hybridized carbons (Fsp3) is 0.727. The van der Waals surface area contributed by atoms with Crippen molar-refractivity contribution in [2.24, 2.45) is 5.92 Å². The number of likely N-dealkylation sites (tertiary alicyclic amines) is 1. The fourth-order valence-corrected chi connectivity index (χ4v) is 4.67. The second-order valence-electron chi connectivity index (χ2n) is 8.66. The van der Waals surface area contributed by atoms with E-state index in [0.717, 1.165) is 19.0 Å². The van der Waals surface area contributed by atoms with E-state index in [1.165, 1.54) is 70.3 Å². The number of benzene rings is 1. The summed E-state index contributed by atoms with van der Waals surface area (Å²) in [7, 11) is 0. The minimum absolute atomic E-state index is 0.129. The molecule has 0 amide bonds. The largest absolute Gasteiger partial charge is 0.369 e. The number of morpholine rings is 1. The number of hydrogen-bond donors (Lipinski definition) is 0. The topological polar surface area (TPSA) is 15.7 Å². The van der Waals surface area contributed by atoms with Crippen molar-refractivity contribution in [3.63, 3.8) is 0 Å². The lowest BCUT2D eigenvalue weighted by Gasteiger charge is -2.49. The third-order valence-corrected chi connectivity index (χ3v) is 6.36. The molecule has 1 atom stereocenters. The third kappa shape index (κ3) is 4.84. The van der Waals surface area contributed by atoms with E-state index in [4.69, 9.17) is 4.74 Å². The predicted octanol–water partition coefficient (Wildman–Crippen LogP) is 3.58. The maximum Gasteiger partial charge on any atom is 0.0837 e. The zero-order valence-corrected chi connectivity index (χ0v) is 15.8. The highest BCUT2D eigenvalue weighted by Crippen LogP contribution is 2.35. The minimum atomic E-state index is 0.129. The Kier molecular flexibility index (Phi) is 5.44. The zero-order valence-electron chi connectivity index (χ0n) is 15.8. The van der Waals surface area contributed by atoms with Gasteiger partial charge in [-0.3, -0.25) is 4.90 Å². The molecule has 1 unspecified atom stereocenters. The van der Waals surface area contributed by atoms with Crippen LogP contribution in [0.4, 0.5) is 0 Å². The molecule has 2 saturated heterocycles. The van der Waals surface area contributed by atoms with E-state index in [1.54, 1.807) is 0 Å². The summed E-state index contributed by atoms with van der Waals surface area (Å²) < 4.78 is 6.51. The Labute approximate surface area is 153 Å². The number of piperidine rings is 1. The molecular formula is C22H34N2O. The van der Waals surface area contributed by atoms with E-state index in [2.05, 4.69) is 47.1 Å². The highest BCUT2D eigenvalue weighted by Gasteiger charge is 2.41. The van der Waals surface area contributed by atoms with Crippen LogP contribution in [0, 0.1) is 5.92 Å². The molecule has 25 heavy (non-hydrogen) atoms. The van der Waals surface area contributed by atoms with Crippen LogP contribution in [0.1, 0.15) is 44.6 Å². The van der Waals surface area contributed by atoms with Crippen LogP contribution in [0.2, 0.25) is 0 Å². The van der Waals surface area contributed by atoms with Crippen LogP contribution in [-0.4, -0.2) is 60.8 Å². The van der Waals surface area contributed by atoms with Crippen LogP contribution in [0.15, 0.2) is 30.3 Å². The van der Waals surface area contributed by atoms with Crippen molar-refractivity contribution in [2.45, 2.75) is 57.2 Å². The fourth-order valence-electron chi connectivity index (χ4n) is 4.67. The van der Waals surface area contributed by atoms with Crippen molar-refractivity contribution < 1.29 is 4.74 Å². The smallest absolute Gasteiger partial charge is 0.0837 e. The molecule has 3 heteroatoms. The van der Waals surface area contributed by atoms with Crippen molar-refractivity contribution in [3.8, 4) is 0 Å². The van der Waals surface area contributed by atoms with Gasteiger partial charge in [0, 0.05) is 32.7 Å². The van der Waals surface area contributed by atoms with Crippen molar-refractivity contribution in [3.05, 3.63) is 35.9 Å². The maximum absolute atomic E-state index is 6.51. The molecule has 0 radical (unpaired) electrons. The van der Waals surface area contributed by atoms with Gasteiger partial charge in [0.15, 0.2) is 0 Å². The second-order valence-corrected chi connectivity index (χ2v) is 8.66. The number of nitrogens with zero attached hydrogens (tertiary/aromatic N) is 2. The average Bonchev–Trinajstić information content (AvgIpc) is 3.44. The summed E-state index contributed by atoms with van der Waals surface area (Å²) >= 11 is 0. The van der Waals surface area contributed by atoms with E-state index >= 15 is 0 Å². The molecule has 3 fully saturated rings. The monoisotopic (exact) mass is 342 g/mol. The van der Waals surface area contributed by atoms with Crippen molar-refractivity contribution in [2.75, 3.05) is 39.3 Å². The highest BCUT2D eigenvalue weighted by atomic mass is 16.5. The predicted molar refractivity (Wildman–Crippen MR) is 103 cm³/mol. The molecular weight excluding hydrogens is 308 g/mol. The van der Waals surface area contributed by atoms with Crippen LogP contribution in [0.5, 0.6) is 0 Å². The standard InChI is InChI=1S/C22H34N2O/c1-19-17-24(14-10-21-7-8-21)18-22(25-19)11-15-23(16-12-22)13-9-20-5-3-2-4-6-20/h2-6,19,21H,7-18H2,1H3. The Balaban J connectivity index is 1.25. The first-order valence-corrected chi connectivity index (χ1v) is 10.4. The van der Waals surface area contributed by atoms with Crippen LogP contribution >= 0.6 is 0 Å². The first-order valence-electron chi connectivity index (χ1n) is 10.4. The lowest BCUT2D eigenvalue weighted by Crippen LogP contribution is -2.59. The Morgan fingerprint density at radius 3 is 2.52 bits per heavy atom. The molecule has 3 nitrogen and oxygen atoms in total. The van der Waals surface area contributed by atoms with E-state index in [1.807, 2.05) is 0 Å². The molecule has 4 rings (SSSR count). The van der Waals surface area contributed by atoms with Gasteiger partial charge in [-0.25, -0.2) is 0 Å². The van der Waals surface area contributed by atoms with Gasteiger partial charge in [0.2, 0.25) is 0 Å². The molecule has 1 aromatic carbocycles. The molecule has 1 spiro atoms. The van der Waals surface area contributed by atoms with Gasteiger partial charge in [0.1, 0.15) is 0 Å². The number of hydrogen-bond acceptors (Lipinski definition) is 3. The highest BCUT2D eigenvalue weighted by molar-refractivity contribution is 5.15. The van der Waals surface area contributed by atoms with E-state index in [0.29, 0.717) is 6.10 Å². The summed E-state index contributed by atoms with van der Waals surface area (Å²) in [5, 5.41) is 0. The van der Waals surface area contributed by atoms with Gasteiger partial charge in [-0.15, -0.1) is 0 Å². The van der Waals surface area contributed by atoms with Crippen molar-refractivity contribution in [1.29, 1.82) is 0 Å². The summed E-state index contributed by atoms with van der Waals surface area (Å²) in [4.78, 5) is 5.33. The Morgan fingerprint density at radius 2 is 1.80 bits per heavy atom. The van der Waals surface area contributed by atoms with Crippen molar-refractivity contribution >= 4 is 0 Å². The molecule has 3 aliphatic rings. The Hall–Kier alpha value is -0.900. The summed E-state index contributed by atoms with van der Waals surface area (Å²) in [5.41, 5.74) is 1.58. The zero-order chi connectivity index (χ0) is 17.1. The number of ether oxygens (including phenoxy) is 1. The van der Waals surface area contributed by atoms with Crippen LogP contribution in [-0.2, 0) is 11.2 Å². The third-order valence-electron chi connectivity index (χ3n) is 6.36. The molecule has 2 aliphatic heterocycles. The lowest BCUT2D eigenvalue weighted by atomic mass is 9.88. The molecule has 2 heterocycles. The van der Waals surface area contributed by atoms with Gasteiger partial charge >= 0.3 is 0 Å². The summed E-state index contributed by atoms with van der Waals surface area (Å²) in [6.07, 6.45) is 8.31. The van der Waals surface area contributed by atoms with Gasteiger partial charge in [-0.1, -0.05) is 43.2 Å². The van der Waals surface area contributed by atoms with Gasteiger partial charge in [-0.2, -0.15) is 0 Å². The van der Waals surface area contributed by atoms with E-state index < -0.39 is 0 Å². The average molecular weight is 343 g/mol. The van der Waals surface area contributed by atoms with Gasteiger partial charge in [0.25, 0.3) is 0 Å². The normalized spacial score (nSPS) is 27.6. The number of rotatable bonds is 6. The molecule has 1 saturated carbocycles. The maximum atomic E-state index is 6.51. The van der Waals surface area contributed by atoms with Gasteiger partial charge < -0.3 is 9.64 Å². The molecule has 1 aliphatic carbocycles. The summed E-state index contributed by atoms with van der Waals surface area (Å²) in [5.74, 6) is 1.04. The second kappa shape index (κ2) is 7.77. The van der Waals surface area contributed by atoms with Gasteiger partial charge in [0.05, 0.1) is 11.7 Å². The summed E-state index contributed by atoms with van der Waals surface area (Å²) in [6.45, 7) is 9.42. The minimum Gasteiger partial charge on any atom is -0.369 e. The first-order chi connectivity index (χ1) is 12.2. The van der Waals surface area contributed by atoms with E-state index in [9.17, 15) is 0 Å². The molecule has 138 valence electrons. The molecule has 0 bridgehead atoms. The SMILES string of the molecule is CC1CN(CCC2CC2)CC2(CCN(CCc3ccccc3)CC2)O1. The lowest BCUT2D eigenvalue weighted by molar-refractivity contribution is -0.170. The van der Waals surface area contributed by atoms with Crippen LogP contribution in [0.25, 0.3) is 0 Å². The summed E-state index contributed by atoms with van der Waals surface area (Å²) in [6, 6.07) is 10.9. The Morgan fingerprint density at radius 1 is 1.04 bits per heavy atom. The molecule has 1 aromatic rings. The van der Waals surface area contributed by atoms with Crippen LogP contribution in [0.3, 0.4) is 0 Å².